The molecule has 24 heavy (non-hydrogen) atoms. The number of rotatable bonds is 2. The Balaban J connectivity index is 1.56. The molecule has 2 aliphatic rings. The lowest BCUT2D eigenvalue weighted by Crippen LogP contribution is -2.43. The van der Waals surface area contributed by atoms with Crippen LogP contribution in [0.4, 0.5) is 5.69 Å². The van der Waals surface area contributed by atoms with Crippen molar-refractivity contribution in [2.24, 2.45) is 7.05 Å². The Morgan fingerprint density at radius 1 is 1.42 bits per heavy atom. The molecular weight excluding hydrogens is 308 g/mol. The van der Waals surface area contributed by atoms with Crippen LogP contribution in [0.5, 0.6) is 0 Å². The second-order valence-electron chi connectivity index (χ2n) is 6.12. The Labute approximate surface area is 139 Å². The lowest BCUT2D eigenvalue weighted by atomic mass is 9.98. The number of para-hydroxylation sites is 1. The van der Waals surface area contributed by atoms with Crippen LogP contribution in [-0.2, 0) is 18.2 Å². The largest absolute Gasteiger partial charge is 0.384 e. The Morgan fingerprint density at radius 2 is 2.33 bits per heavy atom. The molecule has 1 aromatic carbocycles. The number of aromatic nitrogens is 4. The van der Waals surface area contributed by atoms with E-state index in [2.05, 4.69) is 26.8 Å². The summed E-state index contributed by atoms with van der Waals surface area (Å²) in [5, 5.41) is 15.4. The average Bonchev–Trinajstić information content (AvgIpc) is 3.07. The van der Waals surface area contributed by atoms with Gasteiger partial charge in [0.15, 0.2) is 0 Å². The first-order chi connectivity index (χ1) is 11.7. The summed E-state index contributed by atoms with van der Waals surface area (Å²) in [6.07, 6.45) is 1.78. The molecule has 0 aliphatic carbocycles. The molecule has 1 amide bonds. The van der Waals surface area contributed by atoms with Crippen LogP contribution in [0.2, 0.25) is 0 Å². The van der Waals surface area contributed by atoms with Crippen molar-refractivity contribution < 1.29 is 9.53 Å². The van der Waals surface area contributed by atoms with Gasteiger partial charge in [0.25, 0.3) is 5.91 Å². The molecular formula is C16H20N6O2. The summed E-state index contributed by atoms with van der Waals surface area (Å²) in [4.78, 5) is 16.2. The number of hydrogen-bond acceptors (Lipinski definition) is 6. The van der Waals surface area contributed by atoms with E-state index in [1.54, 1.807) is 7.05 Å². The molecule has 2 aliphatic heterocycles. The predicted octanol–water partition coefficient (Wildman–Crippen LogP) is 0.782. The first-order valence-corrected chi connectivity index (χ1v) is 8.23. The van der Waals surface area contributed by atoms with Crippen molar-refractivity contribution in [2.75, 3.05) is 31.6 Å². The monoisotopic (exact) mass is 328 g/mol. The van der Waals surface area contributed by atoms with Crippen molar-refractivity contribution in [3.05, 3.63) is 35.2 Å². The summed E-state index contributed by atoms with van der Waals surface area (Å²) in [6.45, 7) is 2.39. The molecule has 2 aromatic rings. The number of anilines is 1. The Morgan fingerprint density at radius 3 is 3.17 bits per heavy atom. The zero-order chi connectivity index (χ0) is 16.5. The number of carbonyl (C=O) groups excluding carboxylic acids is 1. The number of aryl methyl sites for hydroxylation is 2. The maximum absolute atomic E-state index is 13.0. The maximum atomic E-state index is 13.0. The maximum Gasteiger partial charge on any atom is 0.256 e. The molecule has 1 saturated heterocycles. The van der Waals surface area contributed by atoms with Gasteiger partial charge in [-0.3, -0.25) is 4.79 Å². The number of carbonyl (C=O) groups is 1. The Hall–Kier alpha value is -2.48. The van der Waals surface area contributed by atoms with E-state index in [1.165, 1.54) is 10.4 Å². The van der Waals surface area contributed by atoms with Crippen LogP contribution in [0.25, 0.3) is 0 Å². The van der Waals surface area contributed by atoms with Crippen molar-refractivity contribution in [1.29, 1.82) is 0 Å². The highest BCUT2D eigenvalue weighted by atomic mass is 16.5. The van der Waals surface area contributed by atoms with Gasteiger partial charge >= 0.3 is 0 Å². The predicted molar refractivity (Wildman–Crippen MR) is 86.6 cm³/mol. The number of morpholine rings is 1. The van der Waals surface area contributed by atoms with E-state index in [-0.39, 0.29) is 12.0 Å². The van der Waals surface area contributed by atoms with Gasteiger partial charge in [-0.05, 0) is 29.7 Å². The van der Waals surface area contributed by atoms with Crippen LogP contribution < -0.4 is 5.32 Å². The van der Waals surface area contributed by atoms with Crippen molar-refractivity contribution in [3.8, 4) is 0 Å². The van der Waals surface area contributed by atoms with E-state index >= 15 is 0 Å². The van der Waals surface area contributed by atoms with E-state index in [0.717, 1.165) is 30.6 Å². The summed E-state index contributed by atoms with van der Waals surface area (Å²) in [5.74, 6) is 0.543. The van der Waals surface area contributed by atoms with E-state index in [0.29, 0.717) is 25.5 Å². The number of tetrazole rings is 1. The fourth-order valence-corrected chi connectivity index (χ4v) is 3.28. The number of benzene rings is 1. The lowest BCUT2D eigenvalue weighted by Gasteiger charge is -2.32. The smallest absolute Gasteiger partial charge is 0.256 e. The van der Waals surface area contributed by atoms with E-state index in [1.807, 2.05) is 17.0 Å². The van der Waals surface area contributed by atoms with Gasteiger partial charge in [-0.2, -0.15) is 4.80 Å². The van der Waals surface area contributed by atoms with Gasteiger partial charge in [0, 0.05) is 13.1 Å². The van der Waals surface area contributed by atoms with Gasteiger partial charge in [0.2, 0.25) is 5.82 Å². The summed E-state index contributed by atoms with van der Waals surface area (Å²) < 4.78 is 5.72. The third-order valence-corrected chi connectivity index (χ3v) is 4.47. The first kappa shape index (κ1) is 15.1. The second kappa shape index (κ2) is 6.20. The molecule has 4 rings (SSSR count). The number of amides is 1. The van der Waals surface area contributed by atoms with Crippen LogP contribution in [0.15, 0.2) is 18.2 Å². The van der Waals surface area contributed by atoms with Gasteiger partial charge in [-0.25, -0.2) is 0 Å². The molecule has 1 N–H and O–H groups in total. The highest BCUT2D eigenvalue weighted by Gasteiger charge is 2.30. The van der Waals surface area contributed by atoms with Gasteiger partial charge < -0.3 is 15.0 Å². The molecule has 126 valence electrons. The number of nitrogens with zero attached hydrogens (tertiary/aromatic N) is 5. The molecule has 0 bridgehead atoms. The van der Waals surface area contributed by atoms with Crippen LogP contribution in [0.3, 0.4) is 0 Å². The van der Waals surface area contributed by atoms with E-state index in [9.17, 15) is 4.79 Å². The minimum absolute atomic E-state index is 0.0263. The van der Waals surface area contributed by atoms with Crippen LogP contribution in [0, 0.1) is 0 Å². The normalized spacial score (nSPS) is 20.4. The van der Waals surface area contributed by atoms with E-state index < -0.39 is 0 Å². The first-order valence-electron chi connectivity index (χ1n) is 8.23. The number of nitrogens with one attached hydrogen (secondary N) is 1. The van der Waals surface area contributed by atoms with Gasteiger partial charge in [-0.1, -0.05) is 12.1 Å². The summed E-state index contributed by atoms with van der Waals surface area (Å²) in [7, 11) is 1.71. The van der Waals surface area contributed by atoms with Crippen molar-refractivity contribution in [2.45, 2.75) is 18.9 Å². The third-order valence-electron chi connectivity index (χ3n) is 4.47. The molecule has 1 aromatic heterocycles. The quantitative estimate of drug-likeness (QED) is 0.877. The average molecular weight is 328 g/mol. The topological polar surface area (TPSA) is 85.2 Å². The lowest BCUT2D eigenvalue weighted by molar-refractivity contribution is -0.0268. The minimum atomic E-state index is -0.330. The molecule has 0 saturated carbocycles. The van der Waals surface area contributed by atoms with Crippen molar-refractivity contribution >= 4 is 11.6 Å². The molecule has 0 spiro atoms. The fourth-order valence-electron chi connectivity index (χ4n) is 3.28. The van der Waals surface area contributed by atoms with Crippen LogP contribution >= 0.6 is 0 Å². The molecule has 8 heteroatoms. The zero-order valence-corrected chi connectivity index (χ0v) is 13.6. The summed E-state index contributed by atoms with van der Waals surface area (Å²) in [6, 6.07) is 5.94. The zero-order valence-electron chi connectivity index (χ0n) is 13.6. The Kier molecular flexibility index (Phi) is 3.89. The van der Waals surface area contributed by atoms with Crippen molar-refractivity contribution in [1.82, 2.24) is 25.1 Å². The summed E-state index contributed by atoms with van der Waals surface area (Å²) >= 11 is 0. The molecule has 1 atom stereocenters. The number of fused-ring (bicyclic) bond motifs is 1. The molecule has 1 unspecified atom stereocenters. The highest BCUT2D eigenvalue weighted by molar-refractivity contribution is 6.00. The minimum Gasteiger partial charge on any atom is -0.384 e. The standard InChI is InChI=1S/C16H20N6O2/c1-21-19-15(18-20-21)13-10-22(8-9-24-13)16(23)12-6-2-4-11-5-3-7-17-14(11)12/h2,4,6,13,17H,3,5,7-10H2,1H3. The SMILES string of the molecule is Cn1nnc(C2CN(C(=O)c3cccc4c3NCCC4)CCO2)n1. The number of hydrogen-bond donors (Lipinski definition) is 1. The van der Waals surface area contributed by atoms with Crippen molar-refractivity contribution in [3.63, 3.8) is 0 Å². The van der Waals surface area contributed by atoms with Gasteiger partial charge in [0.05, 0.1) is 31.5 Å². The third kappa shape index (κ3) is 2.73. The molecule has 0 radical (unpaired) electrons. The van der Waals surface area contributed by atoms with Gasteiger partial charge in [0.1, 0.15) is 6.10 Å². The Bertz CT molecular complexity index is 759. The molecule has 1 fully saturated rings. The molecule has 8 nitrogen and oxygen atoms in total. The van der Waals surface area contributed by atoms with Gasteiger partial charge in [-0.15, -0.1) is 10.2 Å². The fraction of sp³-hybridized carbons (Fsp3) is 0.500. The molecule has 3 heterocycles. The van der Waals surface area contributed by atoms with E-state index in [4.69, 9.17) is 4.74 Å². The number of ether oxygens (including phenoxy) is 1. The highest BCUT2D eigenvalue weighted by Crippen LogP contribution is 2.28. The summed E-state index contributed by atoms with van der Waals surface area (Å²) in [5.41, 5.74) is 2.93. The van der Waals surface area contributed by atoms with Crippen LogP contribution in [-0.4, -0.2) is 57.3 Å². The second-order valence-corrected chi connectivity index (χ2v) is 6.12. The van der Waals surface area contributed by atoms with Crippen LogP contribution in [0.1, 0.15) is 34.3 Å².